The Bertz CT molecular complexity index is 1110. The number of rotatable bonds is 4. The number of hydrogen-bond donors (Lipinski definition) is 1. The summed E-state index contributed by atoms with van der Waals surface area (Å²) in [6.45, 7) is 5.21. The molecule has 2 fully saturated rings. The predicted octanol–water partition coefficient (Wildman–Crippen LogP) is 2.71. The molecule has 2 aromatic rings. The lowest BCUT2D eigenvalue weighted by atomic mass is 9.67. The number of urea groups is 1. The van der Waals surface area contributed by atoms with E-state index in [-0.39, 0.29) is 19.0 Å². The van der Waals surface area contributed by atoms with Gasteiger partial charge in [-0.2, -0.15) is 0 Å². The number of amides is 4. The third kappa shape index (κ3) is 3.50. The van der Waals surface area contributed by atoms with Crippen LogP contribution in [0.3, 0.4) is 0 Å². The first-order chi connectivity index (χ1) is 16.0. The largest absolute Gasteiger partial charge is 0.364 e. The van der Waals surface area contributed by atoms with E-state index < -0.39 is 23.3 Å². The number of barbiturate groups is 1. The van der Waals surface area contributed by atoms with E-state index in [1.54, 1.807) is 6.07 Å². The van der Waals surface area contributed by atoms with E-state index in [4.69, 9.17) is 11.6 Å². The van der Waals surface area contributed by atoms with Crippen molar-refractivity contribution in [2.45, 2.75) is 25.8 Å². The molecule has 1 spiro atoms. The highest BCUT2D eigenvalue weighted by atomic mass is 35.5. The van der Waals surface area contributed by atoms with Gasteiger partial charge in [0, 0.05) is 43.3 Å². The SMILES string of the molecule is CCN1CCN2c3cccc(Cl)c3C[C@]3(C(=O)NC(=O)N(CCc4ccccc4)C3=O)[C@@H]2C1. The number of nitrogens with one attached hydrogen (secondary N) is 1. The summed E-state index contributed by atoms with van der Waals surface area (Å²) in [4.78, 5) is 46.0. The Morgan fingerprint density at radius 2 is 1.85 bits per heavy atom. The highest BCUT2D eigenvalue weighted by Crippen LogP contribution is 2.47. The van der Waals surface area contributed by atoms with Gasteiger partial charge < -0.3 is 4.90 Å². The fraction of sp³-hybridized carbons (Fsp3) is 0.400. The van der Waals surface area contributed by atoms with Crippen molar-refractivity contribution in [2.24, 2.45) is 5.41 Å². The van der Waals surface area contributed by atoms with Gasteiger partial charge in [0.15, 0.2) is 5.41 Å². The van der Waals surface area contributed by atoms with Gasteiger partial charge in [-0.1, -0.05) is 54.9 Å². The van der Waals surface area contributed by atoms with Crippen LogP contribution >= 0.6 is 11.6 Å². The van der Waals surface area contributed by atoms with Crippen LogP contribution < -0.4 is 10.2 Å². The second-order valence-electron chi connectivity index (χ2n) is 8.94. The molecular weight excluding hydrogens is 440 g/mol. The molecule has 3 heterocycles. The summed E-state index contributed by atoms with van der Waals surface area (Å²) in [5, 5.41) is 3.05. The van der Waals surface area contributed by atoms with E-state index >= 15 is 0 Å². The van der Waals surface area contributed by atoms with E-state index in [2.05, 4.69) is 22.0 Å². The Labute approximate surface area is 198 Å². The van der Waals surface area contributed by atoms with Gasteiger partial charge in [-0.3, -0.25) is 24.7 Å². The quantitative estimate of drug-likeness (QED) is 0.701. The maximum Gasteiger partial charge on any atom is 0.330 e. The van der Waals surface area contributed by atoms with E-state index in [0.717, 1.165) is 29.9 Å². The number of fused-ring (bicyclic) bond motifs is 4. The lowest BCUT2D eigenvalue weighted by Crippen LogP contribution is -2.75. The molecule has 4 amide bonds. The summed E-state index contributed by atoms with van der Waals surface area (Å²) in [5.74, 6) is -0.947. The minimum absolute atomic E-state index is 0.181. The molecule has 0 radical (unpaired) electrons. The molecule has 0 saturated carbocycles. The number of hydrogen-bond acceptors (Lipinski definition) is 5. The van der Waals surface area contributed by atoms with E-state index in [1.807, 2.05) is 42.5 Å². The fourth-order valence-corrected chi connectivity index (χ4v) is 5.71. The second kappa shape index (κ2) is 8.47. The van der Waals surface area contributed by atoms with Crippen molar-refractivity contribution >= 4 is 35.1 Å². The average Bonchev–Trinajstić information content (AvgIpc) is 2.83. The van der Waals surface area contributed by atoms with Crippen LogP contribution in [-0.2, 0) is 22.4 Å². The Morgan fingerprint density at radius 3 is 2.61 bits per heavy atom. The summed E-state index contributed by atoms with van der Waals surface area (Å²) in [5.41, 5.74) is 1.39. The Kier molecular flexibility index (Phi) is 5.62. The number of benzene rings is 2. The first-order valence-electron chi connectivity index (χ1n) is 11.4. The molecule has 2 atom stereocenters. The van der Waals surface area contributed by atoms with Crippen LogP contribution in [0.15, 0.2) is 48.5 Å². The highest BCUT2D eigenvalue weighted by molar-refractivity contribution is 6.32. The number of carbonyl (C=O) groups excluding carboxylic acids is 3. The molecule has 8 heteroatoms. The van der Waals surface area contributed by atoms with Crippen molar-refractivity contribution in [1.29, 1.82) is 0 Å². The minimum Gasteiger partial charge on any atom is -0.364 e. The molecule has 0 bridgehead atoms. The fourth-order valence-electron chi connectivity index (χ4n) is 5.47. The van der Waals surface area contributed by atoms with Gasteiger partial charge in [0.1, 0.15) is 0 Å². The van der Waals surface area contributed by atoms with Crippen molar-refractivity contribution in [1.82, 2.24) is 15.1 Å². The molecule has 172 valence electrons. The molecule has 7 nitrogen and oxygen atoms in total. The number of halogens is 1. The van der Waals surface area contributed by atoms with Crippen LogP contribution in [-0.4, -0.2) is 66.4 Å². The first kappa shape index (κ1) is 21.9. The van der Waals surface area contributed by atoms with E-state index in [1.165, 1.54) is 4.90 Å². The van der Waals surface area contributed by atoms with Crippen LogP contribution in [0, 0.1) is 5.41 Å². The summed E-state index contributed by atoms with van der Waals surface area (Å²) in [7, 11) is 0. The number of anilines is 1. The van der Waals surface area contributed by atoms with Gasteiger partial charge in [0.05, 0.1) is 6.04 Å². The van der Waals surface area contributed by atoms with Gasteiger partial charge in [-0.05, 0) is 36.2 Å². The molecule has 2 aromatic carbocycles. The zero-order valence-corrected chi connectivity index (χ0v) is 19.3. The zero-order chi connectivity index (χ0) is 23.2. The van der Waals surface area contributed by atoms with Gasteiger partial charge in [-0.15, -0.1) is 0 Å². The van der Waals surface area contributed by atoms with Gasteiger partial charge in [-0.25, -0.2) is 4.79 Å². The molecule has 1 N–H and O–H groups in total. The summed E-state index contributed by atoms with van der Waals surface area (Å²) < 4.78 is 0. The maximum atomic E-state index is 14.1. The lowest BCUT2D eigenvalue weighted by molar-refractivity contribution is -0.154. The molecular formula is C25H27ClN4O3. The minimum atomic E-state index is -1.41. The van der Waals surface area contributed by atoms with Gasteiger partial charge in [0.25, 0.3) is 0 Å². The van der Waals surface area contributed by atoms with Crippen LogP contribution in [0.2, 0.25) is 5.02 Å². The zero-order valence-electron chi connectivity index (χ0n) is 18.6. The van der Waals surface area contributed by atoms with Crippen LogP contribution in [0.5, 0.6) is 0 Å². The molecule has 2 saturated heterocycles. The summed E-state index contributed by atoms with van der Waals surface area (Å²) >= 11 is 6.57. The Morgan fingerprint density at radius 1 is 1.06 bits per heavy atom. The molecule has 3 aliphatic rings. The molecule has 33 heavy (non-hydrogen) atoms. The number of likely N-dealkylation sites (N-methyl/N-ethyl adjacent to an activating group) is 1. The average molecular weight is 467 g/mol. The smallest absolute Gasteiger partial charge is 0.330 e. The number of imide groups is 2. The number of piperazine rings is 1. The molecule has 0 unspecified atom stereocenters. The number of carbonyl (C=O) groups is 3. The van der Waals surface area contributed by atoms with E-state index in [0.29, 0.717) is 24.5 Å². The molecule has 3 aliphatic heterocycles. The molecule has 0 aromatic heterocycles. The van der Waals surface area contributed by atoms with Crippen molar-refractivity contribution in [3.05, 3.63) is 64.7 Å². The Hall–Kier alpha value is -2.90. The Balaban J connectivity index is 1.56. The monoisotopic (exact) mass is 466 g/mol. The maximum absolute atomic E-state index is 14.1. The van der Waals surface area contributed by atoms with Gasteiger partial charge >= 0.3 is 6.03 Å². The molecule has 0 aliphatic carbocycles. The van der Waals surface area contributed by atoms with Crippen molar-refractivity contribution in [3.8, 4) is 0 Å². The van der Waals surface area contributed by atoms with Crippen molar-refractivity contribution < 1.29 is 14.4 Å². The van der Waals surface area contributed by atoms with Crippen LogP contribution in [0.25, 0.3) is 0 Å². The molecule has 5 rings (SSSR count). The third-order valence-corrected chi connectivity index (χ3v) is 7.66. The number of nitrogens with zero attached hydrogens (tertiary/aromatic N) is 3. The predicted molar refractivity (Wildman–Crippen MR) is 126 cm³/mol. The second-order valence-corrected chi connectivity index (χ2v) is 9.35. The van der Waals surface area contributed by atoms with Crippen LogP contribution in [0.1, 0.15) is 18.1 Å². The first-order valence-corrected chi connectivity index (χ1v) is 11.8. The lowest BCUT2D eigenvalue weighted by Gasteiger charge is -2.55. The third-order valence-electron chi connectivity index (χ3n) is 7.30. The highest BCUT2D eigenvalue weighted by Gasteiger charge is 2.62. The topological polar surface area (TPSA) is 73.0 Å². The van der Waals surface area contributed by atoms with E-state index in [9.17, 15) is 14.4 Å². The summed E-state index contributed by atoms with van der Waals surface area (Å²) in [6, 6.07) is 14.4. The standard InChI is InChI=1S/C25H27ClN4O3/c1-2-28-13-14-29-20-10-6-9-19(26)18(20)15-25(21(29)16-28)22(31)27-24(33)30(23(25)32)12-11-17-7-4-3-5-8-17/h3-10,21H,2,11-16H2,1H3,(H,27,31,33)/t21-,25+/m0/s1. The summed E-state index contributed by atoms with van der Waals surface area (Å²) in [6.07, 6.45) is 0.706. The van der Waals surface area contributed by atoms with Gasteiger partial charge in [0.2, 0.25) is 11.8 Å². The normalized spacial score (nSPS) is 25.2. The van der Waals surface area contributed by atoms with Crippen LogP contribution in [0.4, 0.5) is 10.5 Å². The van der Waals surface area contributed by atoms with Crippen molar-refractivity contribution in [2.75, 3.05) is 37.6 Å². The van der Waals surface area contributed by atoms with Crippen molar-refractivity contribution in [3.63, 3.8) is 0 Å².